The van der Waals surface area contributed by atoms with Crippen LogP contribution in [0.3, 0.4) is 0 Å². The smallest absolute Gasteiger partial charge is 0.224 e. The number of nitrogens with one attached hydrogen (secondary N) is 1. The lowest BCUT2D eigenvalue weighted by molar-refractivity contribution is 0.830. The summed E-state index contributed by atoms with van der Waals surface area (Å²) in [6.07, 6.45) is 3.38. The number of rotatable bonds is 4. The van der Waals surface area contributed by atoms with Gasteiger partial charge in [-0.15, -0.1) is 0 Å². The normalized spacial score (nSPS) is 11.9. The molecule has 29 heavy (non-hydrogen) atoms. The van der Waals surface area contributed by atoms with E-state index in [0.29, 0.717) is 10.7 Å². The molecule has 10 heteroatoms. The number of hydrogen-bond donors (Lipinski definition) is 3. The first-order chi connectivity index (χ1) is 14.0. The Morgan fingerprint density at radius 2 is 1.93 bits per heavy atom. The van der Waals surface area contributed by atoms with E-state index in [1.165, 1.54) is 0 Å². The average molecular weight is 406 g/mol. The van der Waals surface area contributed by atoms with E-state index in [4.69, 9.17) is 28.1 Å². The molecular formula is C19H16ClN9. The molecule has 5 N–H and O–H groups in total. The molecule has 0 amide bonds. The van der Waals surface area contributed by atoms with Gasteiger partial charge in [-0.25, -0.2) is 9.50 Å². The maximum Gasteiger partial charge on any atom is 0.224 e. The van der Waals surface area contributed by atoms with Gasteiger partial charge in [-0.05, 0) is 6.92 Å². The van der Waals surface area contributed by atoms with E-state index in [2.05, 4.69) is 20.4 Å². The van der Waals surface area contributed by atoms with Gasteiger partial charge < -0.3 is 16.8 Å². The van der Waals surface area contributed by atoms with Gasteiger partial charge in [0.1, 0.15) is 22.5 Å². The summed E-state index contributed by atoms with van der Waals surface area (Å²) in [5, 5.41) is 17.3. The van der Waals surface area contributed by atoms with Crippen molar-refractivity contribution in [2.45, 2.75) is 13.0 Å². The average Bonchev–Trinajstić information content (AvgIpc) is 3.07. The molecule has 0 fully saturated rings. The summed E-state index contributed by atoms with van der Waals surface area (Å²) in [6, 6.07) is 11.4. The Hall–Kier alpha value is -3.90. The molecule has 0 aliphatic heterocycles. The van der Waals surface area contributed by atoms with Crippen LogP contribution in [-0.4, -0.2) is 24.6 Å². The van der Waals surface area contributed by atoms with E-state index in [-0.39, 0.29) is 29.2 Å². The van der Waals surface area contributed by atoms with Gasteiger partial charge in [0, 0.05) is 17.3 Å². The number of nitrogens with zero attached hydrogens (tertiary/aromatic N) is 6. The van der Waals surface area contributed by atoms with Gasteiger partial charge in [-0.3, -0.25) is 0 Å². The number of benzene rings is 1. The van der Waals surface area contributed by atoms with Crippen LogP contribution >= 0.6 is 11.6 Å². The monoisotopic (exact) mass is 405 g/mol. The van der Waals surface area contributed by atoms with E-state index < -0.39 is 0 Å². The third kappa shape index (κ3) is 3.37. The number of aromatic nitrogens is 5. The second-order valence-electron chi connectivity index (χ2n) is 6.34. The summed E-state index contributed by atoms with van der Waals surface area (Å²) in [5.41, 5.74) is 14.7. The van der Waals surface area contributed by atoms with Crippen LogP contribution in [0.15, 0.2) is 42.7 Å². The Balaban J connectivity index is 1.84. The van der Waals surface area contributed by atoms with Gasteiger partial charge in [0.15, 0.2) is 11.5 Å². The van der Waals surface area contributed by atoms with Crippen molar-refractivity contribution in [1.29, 1.82) is 5.26 Å². The van der Waals surface area contributed by atoms with Crippen molar-refractivity contribution < 1.29 is 0 Å². The molecule has 4 rings (SSSR count). The number of halogens is 1. The minimum Gasteiger partial charge on any atom is -0.382 e. The van der Waals surface area contributed by atoms with Crippen molar-refractivity contribution in [3.8, 4) is 17.3 Å². The number of nitriles is 1. The highest BCUT2D eigenvalue weighted by atomic mass is 35.5. The van der Waals surface area contributed by atoms with Crippen molar-refractivity contribution in [2.75, 3.05) is 16.8 Å². The van der Waals surface area contributed by atoms with E-state index in [0.717, 1.165) is 16.8 Å². The quantitative estimate of drug-likeness (QED) is 0.469. The topological polar surface area (TPSA) is 144 Å². The number of nitrogen functional groups attached to an aromatic ring is 2. The van der Waals surface area contributed by atoms with Crippen molar-refractivity contribution >= 4 is 34.8 Å². The van der Waals surface area contributed by atoms with Crippen LogP contribution in [0.25, 0.3) is 16.9 Å². The fraction of sp³-hybridized carbons (Fsp3) is 0.105. The van der Waals surface area contributed by atoms with Gasteiger partial charge in [0.2, 0.25) is 5.95 Å². The molecule has 0 spiro atoms. The van der Waals surface area contributed by atoms with Gasteiger partial charge in [-0.2, -0.15) is 20.3 Å². The maximum atomic E-state index is 9.42. The van der Waals surface area contributed by atoms with E-state index in [1.54, 1.807) is 10.7 Å². The summed E-state index contributed by atoms with van der Waals surface area (Å²) in [7, 11) is 0. The molecule has 0 aliphatic carbocycles. The summed E-state index contributed by atoms with van der Waals surface area (Å²) in [5.74, 6) is 0.250. The van der Waals surface area contributed by atoms with Crippen LogP contribution in [0, 0.1) is 11.3 Å². The lowest BCUT2D eigenvalue weighted by Gasteiger charge is -2.19. The molecule has 0 radical (unpaired) electrons. The largest absolute Gasteiger partial charge is 0.382 e. The molecule has 1 atom stereocenters. The number of hydrogen-bond acceptors (Lipinski definition) is 8. The Kier molecular flexibility index (Phi) is 4.62. The maximum absolute atomic E-state index is 9.42. The summed E-state index contributed by atoms with van der Waals surface area (Å²) >= 11 is 6.23. The number of fused-ring (bicyclic) bond motifs is 1. The molecule has 3 heterocycles. The Morgan fingerprint density at radius 3 is 2.66 bits per heavy atom. The lowest BCUT2D eigenvalue weighted by atomic mass is 10.0. The van der Waals surface area contributed by atoms with Crippen LogP contribution in [0.4, 0.5) is 17.6 Å². The summed E-state index contributed by atoms with van der Waals surface area (Å²) in [4.78, 5) is 12.7. The zero-order chi connectivity index (χ0) is 20.5. The van der Waals surface area contributed by atoms with Crippen molar-refractivity contribution in [3.63, 3.8) is 0 Å². The molecule has 0 saturated heterocycles. The van der Waals surface area contributed by atoms with Crippen LogP contribution in [0.2, 0.25) is 5.02 Å². The van der Waals surface area contributed by atoms with E-state index >= 15 is 0 Å². The molecule has 0 bridgehead atoms. The van der Waals surface area contributed by atoms with Crippen molar-refractivity contribution in [1.82, 2.24) is 24.6 Å². The van der Waals surface area contributed by atoms with Gasteiger partial charge >= 0.3 is 0 Å². The second kappa shape index (κ2) is 7.26. The first-order valence-electron chi connectivity index (χ1n) is 8.66. The molecule has 4 aromatic rings. The van der Waals surface area contributed by atoms with Gasteiger partial charge in [0.25, 0.3) is 0 Å². The minimum atomic E-state index is -0.314. The molecule has 0 saturated carbocycles. The zero-order valence-corrected chi connectivity index (χ0v) is 16.1. The standard InChI is InChI=1S/C19H16ClN9/c1-10(25-17-12(7-21)16(22)27-19(23)28-17)13-9-29-18(14(20)8-24-29)26-15(13)11-5-3-2-4-6-11/h2-6,8-10H,1H3,(H5,22,23,25,27,28)/t10-/m0/s1. The van der Waals surface area contributed by atoms with Crippen molar-refractivity contribution in [2.24, 2.45) is 0 Å². The molecule has 144 valence electrons. The van der Waals surface area contributed by atoms with Crippen LogP contribution < -0.4 is 16.8 Å². The first kappa shape index (κ1) is 18.5. The Morgan fingerprint density at radius 1 is 1.17 bits per heavy atom. The lowest BCUT2D eigenvalue weighted by Crippen LogP contribution is -2.15. The van der Waals surface area contributed by atoms with E-state index in [9.17, 15) is 5.26 Å². The highest BCUT2D eigenvalue weighted by molar-refractivity contribution is 6.33. The Bertz CT molecular complexity index is 1240. The third-order valence-corrected chi connectivity index (χ3v) is 4.68. The predicted molar refractivity (Wildman–Crippen MR) is 111 cm³/mol. The highest BCUT2D eigenvalue weighted by Crippen LogP contribution is 2.31. The molecule has 0 unspecified atom stereocenters. The van der Waals surface area contributed by atoms with Crippen LogP contribution in [0.1, 0.15) is 24.1 Å². The summed E-state index contributed by atoms with van der Waals surface area (Å²) < 4.78 is 1.61. The second-order valence-corrected chi connectivity index (χ2v) is 6.75. The third-order valence-electron chi connectivity index (χ3n) is 4.41. The Labute approximate surface area is 171 Å². The van der Waals surface area contributed by atoms with Crippen LogP contribution in [0.5, 0.6) is 0 Å². The fourth-order valence-electron chi connectivity index (χ4n) is 3.03. The first-order valence-corrected chi connectivity index (χ1v) is 9.04. The predicted octanol–water partition coefficient (Wildman–Crippen LogP) is 3.05. The minimum absolute atomic E-state index is 0.0189. The summed E-state index contributed by atoms with van der Waals surface area (Å²) in [6.45, 7) is 1.91. The van der Waals surface area contributed by atoms with Crippen LogP contribution in [-0.2, 0) is 0 Å². The number of nitrogens with two attached hydrogens (primary N) is 2. The number of anilines is 3. The van der Waals surface area contributed by atoms with Gasteiger partial charge in [0.05, 0.1) is 17.9 Å². The highest BCUT2D eigenvalue weighted by Gasteiger charge is 2.20. The molecule has 0 aliphatic rings. The molecule has 9 nitrogen and oxygen atoms in total. The van der Waals surface area contributed by atoms with Gasteiger partial charge in [-0.1, -0.05) is 41.9 Å². The zero-order valence-electron chi connectivity index (χ0n) is 15.3. The SMILES string of the molecule is C[C@H](Nc1nc(N)nc(N)c1C#N)c1cn2ncc(Cl)c2nc1-c1ccccc1. The molecular weight excluding hydrogens is 390 g/mol. The fourth-order valence-corrected chi connectivity index (χ4v) is 3.21. The molecule has 3 aromatic heterocycles. The van der Waals surface area contributed by atoms with Crippen molar-refractivity contribution in [3.05, 3.63) is 58.9 Å². The molecule has 1 aromatic carbocycles. The van der Waals surface area contributed by atoms with E-state index in [1.807, 2.05) is 49.5 Å².